The molecule has 29 heavy (non-hydrogen) atoms. The molecule has 2 aromatic carbocycles. The number of carbonyl (C=O) groups excluding carboxylic acids is 1. The van der Waals surface area contributed by atoms with Crippen molar-refractivity contribution in [3.05, 3.63) is 52.5 Å². The van der Waals surface area contributed by atoms with E-state index in [1.54, 1.807) is 24.0 Å². The van der Waals surface area contributed by atoms with Crippen molar-refractivity contribution in [2.24, 2.45) is 0 Å². The summed E-state index contributed by atoms with van der Waals surface area (Å²) in [6, 6.07) is 12.0. The fourth-order valence-corrected chi connectivity index (χ4v) is 5.20. The summed E-state index contributed by atoms with van der Waals surface area (Å²) >= 11 is 4.90. The molecule has 6 nitrogen and oxygen atoms in total. The fourth-order valence-electron chi connectivity index (χ4n) is 2.73. The van der Waals surface area contributed by atoms with E-state index in [-0.39, 0.29) is 16.6 Å². The van der Waals surface area contributed by atoms with Crippen molar-refractivity contribution in [3.63, 3.8) is 0 Å². The number of hydrogen-bond donors (Lipinski definition) is 0. The van der Waals surface area contributed by atoms with E-state index in [0.717, 1.165) is 14.7 Å². The maximum atomic E-state index is 13.3. The van der Waals surface area contributed by atoms with E-state index in [0.29, 0.717) is 23.8 Å². The molecule has 0 atom stereocenters. The Kier molecular flexibility index (Phi) is 6.72. The summed E-state index contributed by atoms with van der Waals surface area (Å²) in [5.41, 5.74) is 1.15. The predicted molar refractivity (Wildman–Crippen MR) is 122 cm³/mol. The maximum Gasteiger partial charge on any atom is 0.260 e. The van der Waals surface area contributed by atoms with Gasteiger partial charge in [0.05, 0.1) is 20.9 Å². The number of fused-ring (bicyclic) bond motifs is 1. The van der Waals surface area contributed by atoms with E-state index < -0.39 is 9.84 Å². The van der Waals surface area contributed by atoms with E-state index in [4.69, 9.17) is 0 Å². The van der Waals surface area contributed by atoms with Crippen LogP contribution in [0.1, 0.15) is 17.3 Å². The number of hydrogen-bond acceptors (Lipinski definition) is 6. The molecule has 0 bridgehead atoms. The number of halogens is 1. The van der Waals surface area contributed by atoms with E-state index in [9.17, 15) is 13.2 Å². The first-order valence-corrected chi connectivity index (χ1v) is 12.3. The largest absolute Gasteiger partial charge is 0.308 e. The zero-order valence-corrected chi connectivity index (χ0v) is 19.6. The molecule has 0 saturated heterocycles. The topological polar surface area (TPSA) is 70.6 Å². The molecule has 1 heterocycles. The van der Waals surface area contributed by atoms with Gasteiger partial charge in [0, 0.05) is 23.1 Å². The summed E-state index contributed by atoms with van der Waals surface area (Å²) < 4.78 is 26.4. The predicted octanol–water partition coefficient (Wildman–Crippen LogP) is 4.06. The summed E-state index contributed by atoms with van der Waals surface area (Å²) in [6.45, 7) is 2.68. The van der Waals surface area contributed by atoms with Crippen LogP contribution in [-0.4, -0.2) is 57.1 Å². The van der Waals surface area contributed by atoms with Gasteiger partial charge in [-0.05, 0) is 50.5 Å². The SMILES string of the molecule is CCS(=O)(=O)c1cccc(C(=O)N(CCN(C)C)c2nc3ccc(Br)cc3s2)c1. The summed E-state index contributed by atoms with van der Waals surface area (Å²) in [5.74, 6) is -0.278. The molecule has 0 aliphatic carbocycles. The minimum atomic E-state index is -3.39. The number of carbonyl (C=O) groups is 1. The molecule has 0 spiro atoms. The van der Waals surface area contributed by atoms with Crippen molar-refractivity contribution in [2.75, 3.05) is 37.8 Å². The van der Waals surface area contributed by atoms with Crippen LogP contribution in [0.25, 0.3) is 10.2 Å². The lowest BCUT2D eigenvalue weighted by Crippen LogP contribution is -2.36. The van der Waals surface area contributed by atoms with Gasteiger partial charge in [-0.25, -0.2) is 13.4 Å². The molecule has 1 aromatic heterocycles. The standard InChI is InChI=1S/C20H22BrN3O3S2/c1-4-29(26,27)16-7-5-6-14(12-16)19(25)24(11-10-23(2)3)20-22-17-9-8-15(21)13-18(17)28-20/h5-9,12-13H,4,10-11H2,1-3H3. The zero-order valence-electron chi connectivity index (χ0n) is 16.4. The first-order valence-electron chi connectivity index (χ1n) is 9.07. The van der Waals surface area contributed by atoms with Gasteiger partial charge in [0.1, 0.15) is 0 Å². The third-order valence-corrected chi connectivity index (χ3v) is 7.67. The second-order valence-electron chi connectivity index (χ2n) is 6.80. The number of rotatable bonds is 7. The Hall–Kier alpha value is -1.81. The van der Waals surface area contributed by atoms with Gasteiger partial charge in [-0.3, -0.25) is 9.69 Å². The Balaban J connectivity index is 2.02. The van der Waals surface area contributed by atoms with Gasteiger partial charge in [0.15, 0.2) is 15.0 Å². The van der Waals surface area contributed by atoms with Crippen molar-refractivity contribution in [3.8, 4) is 0 Å². The molecule has 3 aromatic rings. The molecule has 9 heteroatoms. The van der Waals surface area contributed by atoms with Crippen molar-refractivity contribution in [2.45, 2.75) is 11.8 Å². The second kappa shape index (κ2) is 8.91. The first kappa shape index (κ1) is 21.9. The molecule has 0 aliphatic heterocycles. The number of nitrogens with zero attached hydrogens (tertiary/aromatic N) is 3. The highest BCUT2D eigenvalue weighted by Crippen LogP contribution is 2.31. The summed E-state index contributed by atoms with van der Waals surface area (Å²) in [4.78, 5) is 21.7. The number of anilines is 1. The smallest absolute Gasteiger partial charge is 0.260 e. The summed E-state index contributed by atoms with van der Waals surface area (Å²) in [5, 5.41) is 0.591. The van der Waals surface area contributed by atoms with E-state index in [1.807, 2.05) is 37.2 Å². The summed E-state index contributed by atoms with van der Waals surface area (Å²) in [7, 11) is 0.481. The van der Waals surface area contributed by atoms with Gasteiger partial charge in [0.25, 0.3) is 5.91 Å². The lowest BCUT2D eigenvalue weighted by molar-refractivity contribution is 0.0985. The van der Waals surface area contributed by atoms with E-state index in [1.165, 1.54) is 23.5 Å². The van der Waals surface area contributed by atoms with Gasteiger partial charge in [-0.2, -0.15) is 0 Å². The Labute approximate surface area is 183 Å². The van der Waals surface area contributed by atoms with Gasteiger partial charge in [-0.15, -0.1) is 0 Å². The fraction of sp³-hybridized carbons (Fsp3) is 0.300. The van der Waals surface area contributed by atoms with E-state index in [2.05, 4.69) is 20.9 Å². The van der Waals surface area contributed by atoms with Crippen molar-refractivity contribution >= 4 is 58.4 Å². The molecule has 154 valence electrons. The Bertz CT molecular complexity index is 1140. The number of sulfone groups is 1. The van der Waals surface area contributed by atoms with Crippen LogP contribution in [0.5, 0.6) is 0 Å². The number of amides is 1. The summed E-state index contributed by atoms with van der Waals surface area (Å²) in [6.07, 6.45) is 0. The van der Waals surface area contributed by atoms with Crippen molar-refractivity contribution < 1.29 is 13.2 Å². The molecular formula is C20H22BrN3O3S2. The number of benzene rings is 2. The highest BCUT2D eigenvalue weighted by atomic mass is 79.9. The minimum Gasteiger partial charge on any atom is -0.308 e. The highest BCUT2D eigenvalue weighted by molar-refractivity contribution is 9.10. The van der Waals surface area contributed by atoms with Crippen LogP contribution in [0.3, 0.4) is 0 Å². The lowest BCUT2D eigenvalue weighted by atomic mass is 10.2. The third kappa shape index (κ3) is 5.03. The Morgan fingerprint density at radius 1 is 1.14 bits per heavy atom. The third-order valence-electron chi connectivity index (χ3n) is 4.41. The molecule has 0 radical (unpaired) electrons. The number of likely N-dealkylation sites (N-methyl/N-ethyl adjacent to an activating group) is 1. The van der Waals surface area contributed by atoms with Crippen LogP contribution in [-0.2, 0) is 9.84 Å². The van der Waals surface area contributed by atoms with Gasteiger partial charge >= 0.3 is 0 Å². The quantitative estimate of drug-likeness (QED) is 0.494. The average Bonchev–Trinajstić information content (AvgIpc) is 3.10. The van der Waals surface area contributed by atoms with Crippen molar-refractivity contribution in [1.82, 2.24) is 9.88 Å². The molecule has 0 saturated carbocycles. The Morgan fingerprint density at radius 3 is 2.59 bits per heavy atom. The Morgan fingerprint density at radius 2 is 1.90 bits per heavy atom. The highest BCUT2D eigenvalue weighted by Gasteiger charge is 2.23. The molecule has 1 amide bonds. The molecular weight excluding hydrogens is 474 g/mol. The maximum absolute atomic E-state index is 13.3. The van der Waals surface area contributed by atoms with Crippen LogP contribution < -0.4 is 4.90 Å². The average molecular weight is 496 g/mol. The number of thiazole rings is 1. The van der Waals surface area contributed by atoms with Crippen LogP contribution >= 0.6 is 27.3 Å². The van der Waals surface area contributed by atoms with Crippen LogP contribution in [0.2, 0.25) is 0 Å². The molecule has 0 aliphatic rings. The van der Waals surface area contributed by atoms with Crippen molar-refractivity contribution in [1.29, 1.82) is 0 Å². The molecule has 3 rings (SSSR count). The molecule has 0 unspecified atom stereocenters. The van der Waals surface area contributed by atoms with Crippen LogP contribution in [0.4, 0.5) is 5.13 Å². The van der Waals surface area contributed by atoms with Crippen LogP contribution in [0, 0.1) is 0 Å². The van der Waals surface area contributed by atoms with Gasteiger partial charge in [0.2, 0.25) is 0 Å². The van der Waals surface area contributed by atoms with Gasteiger partial charge < -0.3 is 4.90 Å². The first-order chi connectivity index (χ1) is 13.7. The van der Waals surface area contributed by atoms with Crippen LogP contribution in [0.15, 0.2) is 51.8 Å². The van der Waals surface area contributed by atoms with Gasteiger partial charge in [-0.1, -0.05) is 40.3 Å². The lowest BCUT2D eigenvalue weighted by Gasteiger charge is -2.22. The minimum absolute atomic E-state index is 0.0122. The zero-order chi connectivity index (χ0) is 21.2. The normalized spacial score (nSPS) is 11.9. The second-order valence-corrected chi connectivity index (χ2v) is 11.0. The monoisotopic (exact) mass is 495 g/mol. The molecule has 0 N–H and O–H groups in total. The van der Waals surface area contributed by atoms with E-state index >= 15 is 0 Å². The number of aromatic nitrogens is 1. The molecule has 0 fully saturated rings.